The summed E-state index contributed by atoms with van der Waals surface area (Å²) in [5.41, 5.74) is 1.36. The second-order valence-electron chi connectivity index (χ2n) is 4.88. The maximum atomic E-state index is 5.41. The molecule has 0 radical (unpaired) electrons. The van der Waals surface area contributed by atoms with E-state index in [2.05, 4.69) is 28.2 Å². The molecule has 1 aromatic rings. The van der Waals surface area contributed by atoms with Crippen molar-refractivity contribution in [2.45, 2.75) is 25.9 Å². The number of aromatic nitrogens is 1. The highest BCUT2D eigenvalue weighted by atomic mass is 16.5. The van der Waals surface area contributed by atoms with Crippen molar-refractivity contribution in [3.63, 3.8) is 0 Å². The van der Waals surface area contributed by atoms with Gasteiger partial charge in [-0.25, -0.2) is 0 Å². The van der Waals surface area contributed by atoms with Crippen LogP contribution in [0, 0.1) is 5.92 Å². The van der Waals surface area contributed by atoms with Crippen LogP contribution in [0.15, 0.2) is 18.3 Å². The van der Waals surface area contributed by atoms with Crippen molar-refractivity contribution in [1.82, 2.24) is 9.88 Å². The van der Waals surface area contributed by atoms with Crippen molar-refractivity contribution in [3.8, 4) is 0 Å². The van der Waals surface area contributed by atoms with E-state index in [4.69, 9.17) is 9.47 Å². The average Bonchev–Trinajstić information content (AvgIpc) is 2.83. The summed E-state index contributed by atoms with van der Waals surface area (Å²) >= 11 is 0. The van der Waals surface area contributed by atoms with Crippen LogP contribution < -0.4 is 5.32 Å². The molecule has 1 N–H and O–H groups in total. The number of methoxy groups -OCH3 is 1. The zero-order chi connectivity index (χ0) is 12.6. The third-order valence-electron chi connectivity index (χ3n) is 3.51. The van der Waals surface area contributed by atoms with Crippen LogP contribution in [0.4, 0.5) is 0 Å². The molecule has 0 bridgehead atoms. The van der Waals surface area contributed by atoms with Crippen LogP contribution in [0.2, 0.25) is 0 Å². The molecule has 1 aliphatic heterocycles. The number of hydrogen-bond donors (Lipinski definition) is 1. The monoisotopic (exact) mass is 252 g/mol. The van der Waals surface area contributed by atoms with E-state index in [-0.39, 0.29) is 0 Å². The Hall–Kier alpha value is -0.840. The molecule has 1 aliphatic rings. The molecule has 4 nitrogen and oxygen atoms in total. The second kappa shape index (κ2) is 7.56. The van der Waals surface area contributed by atoms with Crippen molar-refractivity contribution in [2.75, 3.05) is 33.5 Å². The first-order valence-corrected chi connectivity index (χ1v) is 6.81. The highest BCUT2D eigenvalue weighted by Crippen LogP contribution is 2.18. The number of rotatable bonds is 7. The van der Waals surface area contributed by atoms with Gasteiger partial charge in [0.15, 0.2) is 0 Å². The lowest BCUT2D eigenvalue weighted by atomic mass is 10.0. The summed E-state index contributed by atoms with van der Waals surface area (Å²) in [6, 6.07) is 4.33. The molecule has 0 saturated carbocycles. The number of ether oxygens (including phenoxy) is 2. The van der Waals surface area contributed by atoms with E-state index >= 15 is 0 Å². The van der Waals surface area contributed by atoms with Crippen LogP contribution in [0.3, 0.4) is 0 Å². The molecule has 1 fully saturated rings. The minimum Gasteiger partial charge on any atom is -0.383 e. The molecule has 4 heteroatoms. The Balaban J connectivity index is 1.79. The predicted octanol–water partition coefficient (Wildman–Crippen LogP) is 1.65. The summed E-state index contributed by atoms with van der Waals surface area (Å²) < 4.78 is 12.8. The minimum atomic E-state index is 0.765. The van der Waals surface area contributed by atoms with Gasteiger partial charge in [-0.15, -0.1) is 0 Å². The molecule has 0 aromatic carbocycles. The van der Waals surface area contributed by atoms with Gasteiger partial charge in [0.25, 0.3) is 0 Å². The predicted molar refractivity (Wildman–Crippen MR) is 71.6 cm³/mol. The largest absolute Gasteiger partial charge is 0.383 e. The van der Waals surface area contributed by atoms with E-state index in [9.17, 15) is 0 Å². The lowest BCUT2D eigenvalue weighted by Gasteiger charge is -2.23. The first-order chi connectivity index (χ1) is 8.90. The SMILES string of the molecule is COCCNCc1cccn1CC1CCOCC1. The summed E-state index contributed by atoms with van der Waals surface area (Å²) in [5, 5.41) is 3.40. The average molecular weight is 252 g/mol. The maximum absolute atomic E-state index is 5.41. The first kappa shape index (κ1) is 13.6. The lowest BCUT2D eigenvalue weighted by molar-refractivity contribution is 0.0610. The smallest absolute Gasteiger partial charge is 0.0587 e. The van der Waals surface area contributed by atoms with Crippen LogP contribution in [0.25, 0.3) is 0 Å². The zero-order valence-corrected chi connectivity index (χ0v) is 11.2. The van der Waals surface area contributed by atoms with Gasteiger partial charge in [0.05, 0.1) is 6.61 Å². The van der Waals surface area contributed by atoms with E-state index in [0.717, 1.165) is 45.4 Å². The van der Waals surface area contributed by atoms with E-state index in [0.29, 0.717) is 0 Å². The molecule has 2 rings (SSSR count). The van der Waals surface area contributed by atoms with Crippen molar-refractivity contribution in [2.24, 2.45) is 5.92 Å². The molecular weight excluding hydrogens is 228 g/mol. The fraction of sp³-hybridized carbons (Fsp3) is 0.714. The summed E-state index contributed by atoms with van der Waals surface area (Å²) in [5.74, 6) is 0.767. The molecule has 1 saturated heterocycles. The van der Waals surface area contributed by atoms with Gasteiger partial charge in [0.1, 0.15) is 0 Å². The molecule has 0 spiro atoms. The third kappa shape index (κ3) is 4.12. The molecule has 1 aromatic heterocycles. The second-order valence-corrected chi connectivity index (χ2v) is 4.88. The van der Waals surface area contributed by atoms with Crippen molar-refractivity contribution >= 4 is 0 Å². The summed E-state index contributed by atoms with van der Waals surface area (Å²) in [6.07, 6.45) is 4.56. The Kier molecular flexibility index (Phi) is 5.71. The van der Waals surface area contributed by atoms with Crippen molar-refractivity contribution in [1.29, 1.82) is 0 Å². The van der Waals surface area contributed by atoms with Gasteiger partial charge in [-0.05, 0) is 30.9 Å². The molecule has 0 atom stereocenters. The lowest BCUT2D eigenvalue weighted by Crippen LogP contribution is -2.23. The van der Waals surface area contributed by atoms with E-state index in [1.807, 2.05) is 0 Å². The quantitative estimate of drug-likeness (QED) is 0.750. The molecule has 0 aliphatic carbocycles. The first-order valence-electron chi connectivity index (χ1n) is 6.81. The topological polar surface area (TPSA) is 35.4 Å². The van der Waals surface area contributed by atoms with Gasteiger partial charge in [-0.3, -0.25) is 0 Å². The summed E-state index contributed by atoms with van der Waals surface area (Å²) in [4.78, 5) is 0. The Labute approximate surface area is 109 Å². The van der Waals surface area contributed by atoms with Crippen LogP contribution in [-0.2, 0) is 22.6 Å². The Morgan fingerprint density at radius 2 is 2.28 bits per heavy atom. The Morgan fingerprint density at radius 1 is 1.44 bits per heavy atom. The fourth-order valence-corrected chi connectivity index (χ4v) is 2.39. The third-order valence-corrected chi connectivity index (χ3v) is 3.51. The van der Waals surface area contributed by atoms with Crippen LogP contribution in [0.5, 0.6) is 0 Å². The summed E-state index contributed by atoms with van der Waals surface area (Å²) in [6.45, 7) is 5.55. The fourth-order valence-electron chi connectivity index (χ4n) is 2.39. The van der Waals surface area contributed by atoms with Gasteiger partial charge in [0, 0.05) is 51.8 Å². The zero-order valence-electron chi connectivity index (χ0n) is 11.2. The molecule has 0 amide bonds. The van der Waals surface area contributed by atoms with Gasteiger partial charge in [0.2, 0.25) is 0 Å². The highest BCUT2D eigenvalue weighted by Gasteiger charge is 2.15. The van der Waals surface area contributed by atoms with Gasteiger partial charge in [-0.1, -0.05) is 0 Å². The Bertz CT molecular complexity index is 332. The standard InChI is InChI=1S/C14H24N2O2/c1-17-10-6-15-11-14-3-2-7-16(14)12-13-4-8-18-9-5-13/h2-3,7,13,15H,4-6,8-12H2,1H3. The summed E-state index contributed by atoms with van der Waals surface area (Å²) in [7, 11) is 1.73. The van der Waals surface area contributed by atoms with E-state index < -0.39 is 0 Å². The maximum Gasteiger partial charge on any atom is 0.0587 e. The number of nitrogens with zero attached hydrogens (tertiary/aromatic N) is 1. The molecule has 102 valence electrons. The Morgan fingerprint density at radius 3 is 3.06 bits per heavy atom. The van der Waals surface area contributed by atoms with Crippen LogP contribution in [0.1, 0.15) is 18.5 Å². The normalized spacial score (nSPS) is 17.2. The van der Waals surface area contributed by atoms with Gasteiger partial charge in [-0.2, -0.15) is 0 Å². The minimum absolute atomic E-state index is 0.765. The molecular formula is C14H24N2O2. The highest BCUT2D eigenvalue weighted by molar-refractivity contribution is 5.07. The van der Waals surface area contributed by atoms with E-state index in [1.165, 1.54) is 18.5 Å². The van der Waals surface area contributed by atoms with Crippen molar-refractivity contribution in [3.05, 3.63) is 24.0 Å². The van der Waals surface area contributed by atoms with Crippen LogP contribution >= 0.6 is 0 Å². The molecule has 2 heterocycles. The number of nitrogens with one attached hydrogen (secondary N) is 1. The van der Waals surface area contributed by atoms with Crippen molar-refractivity contribution < 1.29 is 9.47 Å². The van der Waals surface area contributed by atoms with Gasteiger partial charge < -0.3 is 19.4 Å². The van der Waals surface area contributed by atoms with E-state index in [1.54, 1.807) is 7.11 Å². The molecule has 18 heavy (non-hydrogen) atoms. The van der Waals surface area contributed by atoms with Gasteiger partial charge >= 0.3 is 0 Å². The molecule has 0 unspecified atom stereocenters. The van der Waals surface area contributed by atoms with Crippen LogP contribution in [-0.4, -0.2) is 38.0 Å². The number of hydrogen-bond acceptors (Lipinski definition) is 3.